The van der Waals surface area contributed by atoms with Gasteiger partial charge < -0.3 is 15.8 Å². The van der Waals surface area contributed by atoms with Gasteiger partial charge >= 0.3 is 0 Å². The van der Waals surface area contributed by atoms with Gasteiger partial charge in [0.05, 0.1) is 11.4 Å². The lowest BCUT2D eigenvalue weighted by Crippen LogP contribution is -2.20. The van der Waals surface area contributed by atoms with Gasteiger partial charge in [0.15, 0.2) is 6.61 Å². The van der Waals surface area contributed by atoms with Crippen LogP contribution in [0.5, 0.6) is 5.75 Å². The highest BCUT2D eigenvalue weighted by Crippen LogP contribution is 2.26. The van der Waals surface area contributed by atoms with Gasteiger partial charge in [-0.1, -0.05) is 34.1 Å². The van der Waals surface area contributed by atoms with Crippen molar-refractivity contribution >= 4 is 45.2 Å². The van der Waals surface area contributed by atoms with E-state index in [0.717, 1.165) is 9.37 Å². The minimum Gasteiger partial charge on any atom is -0.484 e. The first-order valence-corrected chi connectivity index (χ1v) is 8.51. The van der Waals surface area contributed by atoms with Crippen LogP contribution in [0, 0.1) is 0 Å². The Morgan fingerprint density at radius 2 is 1.96 bits per heavy atom. The number of primary amides is 1. The van der Waals surface area contributed by atoms with E-state index in [9.17, 15) is 9.59 Å². The fourth-order valence-electron chi connectivity index (χ4n) is 1.74. The summed E-state index contributed by atoms with van der Waals surface area (Å²) in [4.78, 5) is 23.7. The van der Waals surface area contributed by atoms with Gasteiger partial charge in [0.25, 0.3) is 5.91 Å². The van der Waals surface area contributed by atoms with Crippen molar-refractivity contribution in [2.75, 3.05) is 17.7 Å². The normalized spacial score (nSPS) is 10.1. The van der Waals surface area contributed by atoms with Crippen LogP contribution >= 0.6 is 27.7 Å². The first-order valence-electron chi connectivity index (χ1n) is 6.73. The largest absolute Gasteiger partial charge is 0.484 e. The highest BCUT2D eigenvalue weighted by molar-refractivity contribution is 9.10. The van der Waals surface area contributed by atoms with Gasteiger partial charge in [-0.3, -0.25) is 9.59 Å². The lowest BCUT2D eigenvalue weighted by atomic mass is 10.3. The van der Waals surface area contributed by atoms with Crippen LogP contribution < -0.4 is 15.8 Å². The molecular weight excluding hydrogens is 380 g/mol. The zero-order valence-corrected chi connectivity index (χ0v) is 14.5. The third-order valence-corrected chi connectivity index (χ3v) is 4.29. The number of hydrogen-bond acceptors (Lipinski definition) is 4. The van der Waals surface area contributed by atoms with E-state index in [1.54, 1.807) is 24.3 Å². The molecule has 2 aromatic carbocycles. The van der Waals surface area contributed by atoms with E-state index in [0.29, 0.717) is 11.4 Å². The minimum absolute atomic E-state index is 0.106. The molecular formula is C16H15BrN2O3S. The smallest absolute Gasteiger partial charge is 0.262 e. The number of halogens is 1. The van der Waals surface area contributed by atoms with Crippen molar-refractivity contribution in [1.29, 1.82) is 0 Å². The lowest BCUT2D eigenvalue weighted by Gasteiger charge is -2.11. The maximum absolute atomic E-state index is 12.0. The summed E-state index contributed by atoms with van der Waals surface area (Å²) in [6, 6.07) is 14.5. The molecule has 0 aliphatic heterocycles. The molecule has 0 radical (unpaired) electrons. The zero-order valence-electron chi connectivity index (χ0n) is 12.1. The summed E-state index contributed by atoms with van der Waals surface area (Å²) in [6.07, 6.45) is 0. The molecule has 0 aliphatic rings. The van der Waals surface area contributed by atoms with Crippen LogP contribution in [-0.2, 0) is 9.59 Å². The predicted molar refractivity (Wildman–Crippen MR) is 94.6 cm³/mol. The van der Waals surface area contributed by atoms with Crippen molar-refractivity contribution in [3.05, 3.63) is 53.0 Å². The molecule has 0 spiro atoms. The van der Waals surface area contributed by atoms with E-state index in [4.69, 9.17) is 10.5 Å². The van der Waals surface area contributed by atoms with Crippen molar-refractivity contribution in [3.8, 4) is 5.75 Å². The molecule has 7 heteroatoms. The second-order valence-electron chi connectivity index (χ2n) is 4.55. The highest BCUT2D eigenvalue weighted by Gasteiger charge is 2.09. The molecule has 0 atom stereocenters. The van der Waals surface area contributed by atoms with Crippen LogP contribution in [-0.4, -0.2) is 24.2 Å². The summed E-state index contributed by atoms with van der Waals surface area (Å²) < 4.78 is 6.31. The molecule has 0 aliphatic carbocycles. The maximum Gasteiger partial charge on any atom is 0.262 e. The third-order valence-electron chi connectivity index (χ3n) is 2.70. The summed E-state index contributed by atoms with van der Waals surface area (Å²) >= 11 is 4.62. The number of benzene rings is 2. The van der Waals surface area contributed by atoms with E-state index in [2.05, 4.69) is 21.2 Å². The molecule has 5 nitrogen and oxygen atoms in total. The van der Waals surface area contributed by atoms with Crippen LogP contribution in [0.4, 0.5) is 5.69 Å². The van der Waals surface area contributed by atoms with E-state index in [1.165, 1.54) is 11.8 Å². The fraction of sp³-hybridized carbons (Fsp3) is 0.125. The number of rotatable bonds is 7. The topological polar surface area (TPSA) is 81.4 Å². The Balaban J connectivity index is 1.93. The summed E-state index contributed by atoms with van der Waals surface area (Å²) in [5, 5.41) is 2.77. The molecule has 0 aromatic heterocycles. The van der Waals surface area contributed by atoms with Crippen molar-refractivity contribution in [2.45, 2.75) is 4.90 Å². The minimum atomic E-state index is -0.408. The number of thioether (sulfide) groups is 1. The number of amides is 2. The van der Waals surface area contributed by atoms with Crippen LogP contribution in [0.15, 0.2) is 57.9 Å². The monoisotopic (exact) mass is 394 g/mol. The predicted octanol–water partition coefficient (Wildman–Crippen LogP) is 3.04. The molecule has 0 heterocycles. The molecule has 2 amide bonds. The molecule has 2 aromatic rings. The number of nitrogens with two attached hydrogens (primary N) is 1. The summed E-state index contributed by atoms with van der Waals surface area (Å²) in [5.41, 5.74) is 5.77. The number of hydrogen-bond donors (Lipinski definition) is 2. The number of para-hydroxylation sites is 1. The van der Waals surface area contributed by atoms with Crippen molar-refractivity contribution in [1.82, 2.24) is 0 Å². The molecule has 2 rings (SSSR count). The molecule has 23 heavy (non-hydrogen) atoms. The Bertz CT molecular complexity index is 709. The third kappa shape index (κ3) is 5.96. The van der Waals surface area contributed by atoms with Gasteiger partial charge in [0.2, 0.25) is 5.91 Å². The molecule has 0 saturated carbocycles. The molecule has 0 saturated heterocycles. The average Bonchev–Trinajstić information content (AvgIpc) is 2.52. The number of nitrogens with one attached hydrogen (secondary N) is 1. The Labute approximate surface area is 146 Å². The SMILES string of the molecule is NC(=O)CSc1ccccc1NC(=O)COc1cccc(Br)c1. The van der Waals surface area contributed by atoms with Gasteiger partial charge in [0, 0.05) is 9.37 Å². The van der Waals surface area contributed by atoms with Crippen molar-refractivity contribution in [3.63, 3.8) is 0 Å². The van der Waals surface area contributed by atoms with Crippen molar-refractivity contribution < 1.29 is 14.3 Å². The van der Waals surface area contributed by atoms with E-state index in [1.807, 2.05) is 24.3 Å². The first kappa shape index (κ1) is 17.4. The van der Waals surface area contributed by atoms with Crippen LogP contribution in [0.1, 0.15) is 0 Å². The number of carbonyl (C=O) groups excluding carboxylic acids is 2. The van der Waals surface area contributed by atoms with Gasteiger partial charge in [-0.15, -0.1) is 11.8 Å². The van der Waals surface area contributed by atoms with Gasteiger partial charge in [-0.2, -0.15) is 0 Å². The molecule has 0 fully saturated rings. The van der Waals surface area contributed by atoms with Gasteiger partial charge in [-0.05, 0) is 30.3 Å². The Hall–Kier alpha value is -1.99. The Morgan fingerprint density at radius 3 is 2.70 bits per heavy atom. The molecule has 120 valence electrons. The molecule has 3 N–H and O–H groups in total. The van der Waals surface area contributed by atoms with E-state index >= 15 is 0 Å². The average molecular weight is 395 g/mol. The summed E-state index contributed by atoms with van der Waals surface area (Å²) in [7, 11) is 0. The van der Waals surface area contributed by atoms with Crippen LogP contribution in [0.3, 0.4) is 0 Å². The summed E-state index contributed by atoms with van der Waals surface area (Å²) in [5.74, 6) is 0.0682. The van der Waals surface area contributed by atoms with Gasteiger partial charge in [0.1, 0.15) is 5.75 Å². The quantitative estimate of drug-likeness (QED) is 0.707. The summed E-state index contributed by atoms with van der Waals surface area (Å²) in [6.45, 7) is -0.106. The number of carbonyl (C=O) groups is 2. The van der Waals surface area contributed by atoms with Crippen molar-refractivity contribution in [2.24, 2.45) is 5.73 Å². The highest BCUT2D eigenvalue weighted by atomic mass is 79.9. The van der Waals surface area contributed by atoms with Gasteiger partial charge in [-0.25, -0.2) is 0 Å². The zero-order chi connectivity index (χ0) is 16.7. The van der Waals surface area contributed by atoms with E-state index < -0.39 is 5.91 Å². The number of anilines is 1. The standard InChI is InChI=1S/C16H15BrN2O3S/c17-11-4-3-5-12(8-11)22-9-16(21)19-13-6-1-2-7-14(13)23-10-15(18)20/h1-8H,9-10H2,(H2,18,20)(H,19,21). The Morgan fingerprint density at radius 1 is 1.17 bits per heavy atom. The van der Waals surface area contributed by atoms with Crippen LogP contribution in [0.25, 0.3) is 0 Å². The Kier molecular flexibility index (Phi) is 6.49. The van der Waals surface area contributed by atoms with E-state index in [-0.39, 0.29) is 18.3 Å². The molecule has 0 unspecified atom stereocenters. The maximum atomic E-state index is 12.0. The second-order valence-corrected chi connectivity index (χ2v) is 6.48. The second kappa shape index (κ2) is 8.59. The number of ether oxygens (including phenoxy) is 1. The lowest BCUT2D eigenvalue weighted by molar-refractivity contribution is -0.118. The molecule has 0 bridgehead atoms. The van der Waals surface area contributed by atoms with Crippen LogP contribution in [0.2, 0.25) is 0 Å². The fourth-order valence-corrected chi connectivity index (χ4v) is 2.86. The first-order chi connectivity index (χ1) is 11.0.